The summed E-state index contributed by atoms with van der Waals surface area (Å²) in [5.74, 6) is -1.02. The standard InChI is InChI=1S/C13H17F2NOS/c1-8(2)7-16-13(17)9(3)18-12-5-4-10(14)6-11(12)15/h4-6,8-9H,7H2,1-3H3,(H,16,17). The van der Waals surface area contributed by atoms with Crippen LogP contribution in [0.15, 0.2) is 23.1 Å². The van der Waals surface area contributed by atoms with Gasteiger partial charge in [-0.2, -0.15) is 0 Å². The average Bonchev–Trinajstić information content (AvgIpc) is 2.29. The summed E-state index contributed by atoms with van der Waals surface area (Å²) in [7, 11) is 0. The molecule has 0 saturated carbocycles. The minimum Gasteiger partial charge on any atom is -0.355 e. The number of nitrogens with one attached hydrogen (secondary N) is 1. The summed E-state index contributed by atoms with van der Waals surface area (Å²) in [6.45, 7) is 6.29. The van der Waals surface area contributed by atoms with E-state index in [2.05, 4.69) is 5.32 Å². The van der Waals surface area contributed by atoms with Gasteiger partial charge in [-0.15, -0.1) is 11.8 Å². The molecule has 2 nitrogen and oxygen atoms in total. The minimum atomic E-state index is -0.636. The molecule has 1 amide bonds. The molecule has 18 heavy (non-hydrogen) atoms. The van der Waals surface area contributed by atoms with Crippen molar-refractivity contribution < 1.29 is 13.6 Å². The normalized spacial score (nSPS) is 12.6. The summed E-state index contributed by atoms with van der Waals surface area (Å²) in [5.41, 5.74) is 0. The largest absolute Gasteiger partial charge is 0.355 e. The molecule has 1 atom stereocenters. The number of benzene rings is 1. The minimum absolute atomic E-state index is 0.141. The lowest BCUT2D eigenvalue weighted by Gasteiger charge is -2.13. The fraction of sp³-hybridized carbons (Fsp3) is 0.462. The van der Waals surface area contributed by atoms with Crippen LogP contribution in [0.4, 0.5) is 8.78 Å². The average molecular weight is 273 g/mol. The van der Waals surface area contributed by atoms with Crippen LogP contribution >= 0.6 is 11.8 Å². The third-order valence-electron chi connectivity index (χ3n) is 2.25. The van der Waals surface area contributed by atoms with E-state index in [9.17, 15) is 13.6 Å². The molecule has 0 fully saturated rings. The molecule has 0 aromatic heterocycles. The summed E-state index contributed by atoms with van der Waals surface area (Å²) in [5, 5.41) is 2.36. The molecule has 1 aromatic rings. The van der Waals surface area contributed by atoms with E-state index in [0.717, 1.165) is 17.8 Å². The Morgan fingerprint density at radius 1 is 1.33 bits per heavy atom. The summed E-state index contributed by atoms with van der Waals surface area (Å²) in [6.07, 6.45) is 0. The van der Waals surface area contributed by atoms with Crippen molar-refractivity contribution in [3.63, 3.8) is 0 Å². The lowest BCUT2D eigenvalue weighted by molar-refractivity contribution is -0.120. The van der Waals surface area contributed by atoms with Gasteiger partial charge in [-0.1, -0.05) is 13.8 Å². The van der Waals surface area contributed by atoms with Crippen molar-refractivity contribution >= 4 is 17.7 Å². The van der Waals surface area contributed by atoms with Crippen LogP contribution in [0.1, 0.15) is 20.8 Å². The number of amides is 1. The highest BCUT2D eigenvalue weighted by molar-refractivity contribution is 8.00. The Morgan fingerprint density at radius 3 is 2.56 bits per heavy atom. The van der Waals surface area contributed by atoms with Crippen molar-refractivity contribution in [2.45, 2.75) is 30.9 Å². The third-order valence-corrected chi connectivity index (χ3v) is 3.40. The molecule has 0 saturated heterocycles. The number of hydrogen-bond donors (Lipinski definition) is 1. The monoisotopic (exact) mass is 273 g/mol. The molecule has 0 aliphatic rings. The van der Waals surface area contributed by atoms with Gasteiger partial charge in [-0.05, 0) is 25.0 Å². The Morgan fingerprint density at radius 2 is 2.00 bits per heavy atom. The SMILES string of the molecule is CC(C)CNC(=O)C(C)Sc1ccc(F)cc1F. The molecule has 1 N–H and O–H groups in total. The molecule has 5 heteroatoms. The Balaban J connectivity index is 2.58. The van der Waals surface area contributed by atoms with Gasteiger partial charge in [-0.25, -0.2) is 8.78 Å². The first-order valence-electron chi connectivity index (χ1n) is 5.79. The first-order chi connectivity index (χ1) is 8.40. The van der Waals surface area contributed by atoms with Crippen LogP contribution < -0.4 is 5.32 Å². The van der Waals surface area contributed by atoms with E-state index in [1.54, 1.807) is 6.92 Å². The predicted octanol–water partition coefficient (Wildman–Crippen LogP) is 3.22. The van der Waals surface area contributed by atoms with E-state index in [-0.39, 0.29) is 10.8 Å². The van der Waals surface area contributed by atoms with Gasteiger partial charge >= 0.3 is 0 Å². The third kappa shape index (κ3) is 4.64. The first-order valence-corrected chi connectivity index (χ1v) is 6.67. The molecular weight excluding hydrogens is 256 g/mol. The number of rotatable bonds is 5. The number of thioether (sulfide) groups is 1. The Kier molecular flexibility index (Phi) is 5.59. The van der Waals surface area contributed by atoms with Crippen LogP contribution in [-0.4, -0.2) is 17.7 Å². The van der Waals surface area contributed by atoms with Crippen molar-refractivity contribution in [2.24, 2.45) is 5.92 Å². The van der Waals surface area contributed by atoms with E-state index in [1.807, 2.05) is 13.8 Å². The Hall–Kier alpha value is -1.10. The van der Waals surface area contributed by atoms with E-state index in [1.165, 1.54) is 12.1 Å². The van der Waals surface area contributed by atoms with Gasteiger partial charge < -0.3 is 5.32 Å². The Bertz CT molecular complexity index is 423. The van der Waals surface area contributed by atoms with Gasteiger partial charge in [0.1, 0.15) is 11.6 Å². The molecule has 0 heterocycles. The quantitative estimate of drug-likeness (QED) is 0.835. The second-order valence-electron chi connectivity index (χ2n) is 4.47. The highest BCUT2D eigenvalue weighted by Crippen LogP contribution is 2.26. The van der Waals surface area contributed by atoms with Crippen LogP contribution in [0.2, 0.25) is 0 Å². The van der Waals surface area contributed by atoms with Gasteiger partial charge in [0.05, 0.1) is 5.25 Å². The number of carbonyl (C=O) groups is 1. The lowest BCUT2D eigenvalue weighted by atomic mass is 10.2. The maximum atomic E-state index is 13.4. The van der Waals surface area contributed by atoms with Crippen LogP contribution in [0.5, 0.6) is 0 Å². The fourth-order valence-corrected chi connectivity index (χ4v) is 2.15. The maximum absolute atomic E-state index is 13.4. The van der Waals surface area contributed by atoms with Crippen molar-refractivity contribution in [1.82, 2.24) is 5.32 Å². The maximum Gasteiger partial charge on any atom is 0.233 e. The Labute approximate surface area is 110 Å². The molecule has 1 aromatic carbocycles. The number of hydrogen-bond acceptors (Lipinski definition) is 2. The zero-order valence-corrected chi connectivity index (χ0v) is 11.5. The van der Waals surface area contributed by atoms with Gasteiger partial charge in [-0.3, -0.25) is 4.79 Å². The molecule has 0 radical (unpaired) electrons. The summed E-state index contributed by atoms with van der Waals surface area (Å²) < 4.78 is 26.1. The van der Waals surface area contributed by atoms with Crippen molar-refractivity contribution in [3.8, 4) is 0 Å². The van der Waals surface area contributed by atoms with Crippen molar-refractivity contribution in [1.29, 1.82) is 0 Å². The topological polar surface area (TPSA) is 29.1 Å². The predicted molar refractivity (Wildman–Crippen MR) is 69.5 cm³/mol. The zero-order valence-electron chi connectivity index (χ0n) is 10.7. The van der Waals surface area contributed by atoms with Gasteiger partial charge in [0.15, 0.2) is 0 Å². The van der Waals surface area contributed by atoms with Crippen LogP contribution in [0, 0.1) is 17.6 Å². The smallest absolute Gasteiger partial charge is 0.233 e. The van der Waals surface area contributed by atoms with E-state index in [0.29, 0.717) is 12.5 Å². The highest BCUT2D eigenvalue weighted by Gasteiger charge is 2.16. The van der Waals surface area contributed by atoms with Crippen LogP contribution in [0.25, 0.3) is 0 Å². The molecule has 0 aliphatic carbocycles. The number of halogens is 2. The summed E-state index contributed by atoms with van der Waals surface area (Å²) >= 11 is 1.08. The molecule has 0 spiro atoms. The van der Waals surface area contributed by atoms with Crippen LogP contribution in [0.3, 0.4) is 0 Å². The summed E-state index contributed by atoms with van der Waals surface area (Å²) in [4.78, 5) is 12.0. The lowest BCUT2D eigenvalue weighted by Crippen LogP contribution is -2.33. The molecule has 100 valence electrons. The van der Waals surface area contributed by atoms with Gasteiger partial charge in [0.25, 0.3) is 0 Å². The number of carbonyl (C=O) groups excluding carboxylic acids is 1. The van der Waals surface area contributed by atoms with Crippen molar-refractivity contribution in [2.75, 3.05) is 6.54 Å². The van der Waals surface area contributed by atoms with Gasteiger partial charge in [0, 0.05) is 17.5 Å². The molecule has 0 bridgehead atoms. The fourth-order valence-electron chi connectivity index (χ4n) is 1.26. The zero-order chi connectivity index (χ0) is 13.7. The molecule has 0 aliphatic heterocycles. The van der Waals surface area contributed by atoms with E-state index < -0.39 is 16.9 Å². The summed E-state index contributed by atoms with van der Waals surface area (Å²) in [6, 6.07) is 3.35. The first kappa shape index (κ1) is 15.0. The second kappa shape index (κ2) is 6.73. The molecular formula is C13H17F2NOS. The van der Waals surface area contributed by atoms with E-state index in [4.69, 9.17) is 0 Å². The van der Waals surface area contributed by atoms with E-state index >= 15 is 0 Å². The molecule has 1 unspecified atom stereocenters. The van der Waals surface area contributed by atoms with Crippen LogP contribution in [-0.2, 0) is 4.79 Å². The highest BCUT2D eigenvalue weighted by atomic mass is 32.2. The van der Waals surface area contributed by atoms with Gasteiger partial charge in [0.2, 0.25) is 5.91 Å². The second-order valence-corrected chi connectivity index (χ2v) is 5.86. The van der Waals surface area contributed by atoms with Crippen molar-refractivity contribution in [3.05, 3.63) is 29.8 Å². The molecule has 1 rings (SSSR count).